The maximum absolute atomic E-state index is 13.6. The lowest BCUT2D eigenvalue weighted by Crippen LogP contribution is -2.11. The molecule has 2 rings (SSSR count). The summed E-state index contributed by atoms with van der Waals surface area (Å²) in [7, 11) is -4.18. The molecule has 3 nitrogen and oxygen atoms in total. The minimum Gasteiger partial charge on any atom is -0.379 e. The normalized spacial score (nSPS) is 11.3. The van der Waals surface area contributed by atoms with Gasteiger partial charge in [-0.1, -0.05) is 33.6 Å². The molecule has 0 radical (unpaired) electrons. The zero-order valence-electron chi connectivity index (χ0n) is 9.93. The summed E-state index contributed by atoms with van der Waals surface area (Å²) in [4.78, 5) is -0.498. The third-order valence-corrected chi connectivity index (χ3v) is 4.15. The maximum atomic E-state index is 13.6. The number of halogens is 2. The van der Waals surface area contributed by atoms with Gasteiger partial charge in [-0.2, -0.15) is 8.42 Å². The van der Waals surface area contributed by atoms with E-state index in [2.05, 4.69) is 15.9 Å². The third-order valence-electron chi connectivity index (χ3n) is 2.39. The first-order chi connectivity index (χ1) is 8.88. The van der Waals surface area contributed by atoms with E-state index >= 15 is 0 Å². The molecule has 100 valence electrons. The highest BCUT2D eigenvalue weighted by atomic mass is 79.9. The average Bonchev–Trinajstić information content (AvgIpc) is 2.35. The molecule has 0 fully saturated rings. The average molecular weight is 345 g/mol. The molecule has 0 aliphatic heterocycles. The van der Waals surface area contributed by atoms with Gasteiger partial charge in [0, 0.05) is 4.47 Å². The molecule has 0 aliphatic carbocycles. The van der Waals surface area contributed by atoms with Gasteiger partial charge in [0.1, 0.15) is 16.5 Å². The molecule has 2 aromatic rings. The number of hydrogen-bond donors (Lipinski definition) is 0. The Morgan fingerprint density at radius 1 is 1.11 bits per heavy atom. The van der Waals surface area contributed by atoms with E-state index in [1.807, 2.05) is 6.92 Å². The van der Waals surface area contributed by atoms with Gasteiger partial charge in [0.25, 0.3) is 0 Å². The highest BCUT2D eigenvalue weighted by molar-refractivity contribution is 9.10. The van der Waals surface area contributed by atoms with Crippen molar-refractivity contribution in [2.45, 2.75) is 11.8 Å². The minimum absolute atomic E-state index is 0.143. The monoisotopic (exact) mass is 344 g/mol. The Kier molecular flexibility index (Phi) is 3.91. The smallest absolute Gasteiger partial charge is 0.342 e. The van der Waals surface area contributed by atoms with Crippen LogP contribution < -0.4 is 4.18 Å². The highest BCUT2D eigenvalue weighted by Gasteiger charge is 2.21. The summed E-state index contributed by atoms with van der Waals surface area (Å²) in [5.74, 6) is -0.708. The van der Waals surface area contributed by atoms with E-state index in [0.717, 1.165) is 11.6 Å². The molecule has 0 aromatic heterocycles. The van der Waals surface area contributed by atoms with Crippen LogP contribution in [0.4, 0.5) is 4.39 Å². The van der Waals surface area contributed by atoms with E-state index in [-0.39, 0.29) is 5.75 Å². The van der Waals surface area contributed by atoms with Gasteiger partial charge in [-0.3, -0.25) is 0 Å². The molecule has 19 heavy (non-hydrogen) atoms. The molecule has 0 saturated carbocycles. The molecule has 2 aromatic carbocycles. The Bertz CT molecular complexity index is 696. The zero-order valence-corrected chi connectivity index (χ0v) is 12.3. The lowest BCUT2D eigenvalue weighted by atomic mass is 10.2. The van der Waals surface area contributed by atoms with E-state index in [9.17, 15) is 12.8 Å². The first kappa shape index (κ1) is 14.0. The molecule has 6 heteroatoms. The molecule has 0 unspecified atom stereocenters. The van der Waals surface area contributed by atoms with Crippen LogP contribution in [-0.2, 0) is 10.1 Å². The number of benzene rings is 2. The summed E-state index contributed by atoms with van der Waals surface area (Å²) in [6.07, 6.45) is 0. The Morgan fingerprint density at radius 3 is 2.37 bits per heavy atom. The zero-order chi connectivity index (χ0) is 14.0. The third kappa shape index (κ3) is 3.33. The summed E-state index contributed by atoms with van der Waals surface area (Å²) in [5.41, 5.74) is 0.971. The molecule has 0 saturated heterocycles. The molecule has 0 bridgehead atoms. The van der Waals surface area contributed by atoms with Crippen LogP contribution in [0.2, 0.25) is 0 Å². The van der Waals surface area contributed by atoms with Gasteiger partial charge >= 0.3 is 10.1 Å². The molecule has 0 atom stereocenters. The van der Waals surface area contributed by atoms with Crippen molar-refractivity contribution in [1.29, 1.82) is 0 Å². The van der Waals surface area contributed by atoms with Gasteiger partial charge in [-0.15, -0.1) is 0 Å². The first-order valence-corrected chi connectivity index (χ1v) is 7.55. The Labute approximate surface area is 119 Å². The van der Waals surface area contributed by atoms with Crippen LogP contribution in [-0.4, -0.2) is 8.42 Å². The van der Waals surface area contributed by atoms with Crippen molar-refractivity contribution in [2.75, 3.05) is 0 Å². The SMILES string of the molecule is Cc1ccc(OS(=O)(=O)c2cc(Br)ccc2F)cc1. The van der Waals surface area contributed by atoms with Crippen molar-refractivity contribution >= 4 is 26.0 Å². The van der Waals surface area contributed by atoms with Gasteiger partial charge in [0.2, 0.25) is 0 Å². The van der Waals surface area contributed by atoms with Crippen molar-refractivity contribution in [1.82, 2.24) is 0 Å². The van der Waals surface area contributed by atoms with Gasteiger partial charge in [-0.05, 0) is 37.3 Å². The van der Waals surface area contributed by atoms with Crippen molar-refractivity contribution < 1.29 is 17.0 Å². The lowest BCUT2D eigenvalue weighted by molar-refractivity contribution is 0.476. The predicted molar refractivity (Wildman–Crippen MR) is 73.1 cm³/mol. The second-order valence-corrected chi connectivity index (χ2v) is 6.36. The Hall–Kier alpha value is -1.40. The fourth-order valence-corrected chi connectivity index (χ4v) is 2.98. The Balaban J connectivity index is 2.37. The largest absolute Gasteiger partial charge is 0.379 e. The van der Waals surface area contributed by atoms with E-state index in [1.54, 1.807) is 12.1 Å². The van der Waals surface area contributed by atoms with Crippen molar-refractivity contribution in [2.24, 2.45) is 0 Å². The fourth-order valence-electron chi connectivity index (χ4n) is 1.43. The molecule has 0 aliphatic rings. The van der Waals surface area contributed by atoms with Crippen LogP contribution >= 0.6 is 15.9 Å². The highest BCUT2D eigenvalue weighted by Crippen LogP contribution is 2.24. The van der Waals surface area contributed by atoms with Crippen LogP contribution in [0.1, 0.15) is 5.56 Å². The van der Waals surface area contributed by atoms with E-state index < -0.39 is 20.8 Å². The number of rotatable bonds is 3. The summed E-state index contributed by atoms with van der Waals surface area (Å²) in [5, 5.41) is 0. The molecule has 0 amide bonds. The standard InChI is InChI=1S/C13H10BrFO3S/c1-9-2-5-11(6-3-9)18-19(16,17)13-8-10(14)4-7-12(13)15/h2-8H,1H3. The Morgan fingerprint density at radius 2 is 1.74 bits per heavy atom. The molecular weight excluding hydrogens is 335 g/mol. The summed E-state index contributed by atoms with van der Waals surface area (Å²) < 4.78 is 42.9. The van der Waals surface area contributed by atoms with Crippen LogP contribution in [0.15, 0.2) is 51.8 Å². The minimum atomic E-state index is -4.18. The van der Waals surface area contributed by atoms with Gasteiger partial charge in [0.15, 0.2) is 0 Å². The van der Waals surface area contributed by atoms with E-state index in [4.69, 9.17) is 4.18 Å². The van der Waals surface area contributed by atoms with E-state index in [0.29, 0.717) is 4.47 Å². The van der Waals surface area contributed by atoms with Crippen LogP contribution in [0.5, 0.6) is 5.75 Å². The van der Waals surface area contributed by atoms with E-state index in [1.165, 1.54) is 24.3 Å². The van der Waals surface area contributed by atoms with Gasteiger partial charge < -0.3 is 4.18 Å². The maximum Gasteiger partial charge on any atom is 0.342 e. The molecular formula is C13H10BrFO3S. The summed E-state index contributed by atoms with van der Waals surface area (Å²) in [6, 6.07) is 10.1. The van der Waals surface area contributed by atoms with Crippen LogP contribution in [0.25, 0.3) is 0 Å². The predicted octanol–water partition coefficient (Wildman–Crippen LogP) is 3.66. The van der Waals surface area contributed by atoms with Gasteiger partial charge in [0.05, 0.1) is 0 Å². The van der Waals surface area contributed by atoms with Crippen molar-refractivity contribution in [3.8, 4) is 5.75 Å². The van der Waals surface area contributed by atoms with Crippen molar-refractivity contribution in [3.05, 3.63) is 58.3 Å². The van der Waals surface area contributed by atoms with Gasteiger partial charge in [-0.25, -0.2) is 4.39 Å². The number of hydrogen-bond acceptors (Lipinski definition) is 3. The molecule has 0 heterocycles. The first-order valence-electron chi connectivity index (χ1n) is 5.35. The van der Waals surface area contributed by atoms with Crippen molar-refractivity contribution in [3.63, 3.8) is 0 Å². The molecule has 0 N–H and O–H groups in total. The topological polar surface area (TPSA) is 43.4 Å². The summed E-state index contributed by atoms with van der Waals surface area (Å²) >= 11 is 3.10. The molecule has 0 spiro atoms. The van der Waals surface area contributed by atoms with Crippen LogP contribution in [0.3, 0.4) is 0 Å². The number of aryl methyl sites for hydroxylation is 1. The lowest BCUT2D eigenvalue weighted by Gasteiger charge is -2.08. The quantitative estimate of drug-likeness (QED) is 0.798. The fraction of sp³-hybridized carbons (Fsp3) is 0.0769. The summed E-state index contributed by atoms with van der Waals surface area (Å²) in [6.45, 7) is 1.87. The second kappa shape index (κ2) is 5.30. The van der Waals surface area contributed by atoms with Crippen LogP contribution in [0, 0.1) is 12.7 Å². The second-order valence-electron chi connectivity index (χ2n) is 3.93.